The second-order valence-electron chi connectivity index (χ2n) is 5.33. The van der Waals surface area contributed by atoms with E-state index in [-0.39, 0.29) is 0 Å². The summed E-state index contributed by atoms with van der Waals surface area (Å²) in [5.74, 6) is -0.236. The van der Waals surface area contributed by atoms with Crippen LogP contribution in [0.1, 0.15) is 18.4 Å². The number of nitrogens with zero attached hydrogens (tertiary/aromatic N) is 1. The average Bonchev–Trinajstić information content (AvgIpc) is 2.82. The molecule has 1 aromatic carbocycles. The second kappa shape index (κ2) is 4.94. The Hall–Kier alpha value is -1.00. The van der Waals surface area contributed by atoms with Crippen LogP contribution in [-0.2, 0) is 6.54 Å². The van der Waals surface area contributed by atoms with Gasteiger partial charge in [0, 0.05) is 30.8 Å². The molecule has 0 radical (unpaired) electrons. The Morgan fingerprint density at radius 3 is 3.00 bits per heavy atom. The number of hydrogen-bond acceptors (Lipinski definition) is 2. The van der Waals surface area contributed by atoms with Gasteiger partial charge in [0.15, 0.2) is 0 Å². The molecule has 1 aromatic rings. The minimum absolute atomic E-state index is 0.428. The van der Waals surface area contributed by atoms with Gasteiger partial charge in [-0.05, 0) is 37.9 Å². The van der Waals surface area contributed by atoms with Crippen molar-refractivity contribution >= 4 is 0 Å². The van der Waals surface area contributed by atoms with E-state index in [1.165, 1.54) is 18.9 Å². The molecule has 2 atom stereocenters. The van der Waals surface area contributed by atoms with E-state index in [0.29, 0.717) is 24.1 Å². The van der Waals surface area contributed by atoms with Gasteiger partial charge in [0.1, 0.15) is 11.6 Å². The minimum atomic E-state index is -0.504. The van der Waals surface area contributed by atoms with Crippen molar-refractivity contribution in [2.75, 3.05) is 19.6 Å². The Balaban J connectivity index is 1.75. The molecule has 2 aliphatic rings. The summed E-state index contributed by atoms with van der Waals surface area (Å²) >= 11 is 0. The maximum Gasteiger partial charge on any atom is 0.130 e. The molecule has 2 fully saturated rings. The Morgan fingerprint density at radius 2 is 2.17 bits per heavy atom. The maximum absolute atomic E-state index is 13.7. The smallest absolute Gasteiger partial charge is 0.130 e. The van der Waals surface area contributed by atoms with Crippen LogP contribution in [0.5, 0.6) is 0 Å². The van der Waals surface area contributed by atoms with Gasteiger partial charge in [-0.15, -0.1) is 0 Å². The lowest BCUT2D eigenvalue weighted by Gasteiger charge is -2.37. The van der Waals surface area contributed by atoms with E-state index >= 15 is 0 Å². The van der Waals surface area contributed by atoms with Crippen molar-refractivity contribution in [1.29, 1.82) is 0 Å². The van der Waals surface area contributed by atoms with E-state index in [4.69, 9.17) is 0 Å². The molecule has 18 heavy (non-hydrogen) atoms. The first-order chi connectivity index (χ1) is 8.74. The highest BCUT2D eigenvalue weighted by atomic mass is 19.1. The van der Waals surface area contributed by atoms with Crippen LogP contribution in [0, 0.1) is 17.6 Å². The van der Waals surface area contributed by atoms with E-state index < -0.39 is 11.6 Å². The van der Waals surface area contributed by atoms with Crippen LogP contribution in [0.4, 0.5) is 8.78 Å². The number of halogens is 2. The number of rotatable bonds is 2. The third-order valence-corrected chi connectivity index (χ3v) is 4.18. The highest BCUT2D eigenvalue weighted by Gasteiger charge is 2.34. The fourth-order valence-electron chi connectivity index (χ4n) is 3.23. The molecule has 2 aliphatic heterocycles. The monoisotopic (exact) mass is 252 g/mol. The van der Waals surface area contributed by atoms with E-state index in [1.807, 2.05) is 0 Å². The molecule has 2 nitrogen and oxygen atoms in total. The largest absolute Gasteiger partial charge is 0.315 e. The SMILES string of the molecule is Fc1ccc(CN2CCCC3CNCC32)c(F)c1. The molecule has 3 rings (SSSR count). The Morgan fingerprint density at radius 1 is 1.28 bits per heavy atom. The molecule has 1 N–H and O–H groups in total. The normalized spacial score (nSPS) is 28.3. The molecule has 2 saturated heterocycles. The summed E-state index contributed by atoms with van der Waals surface area (Å²) in [5, 5.41) is 3.41. The van der Waals surface area contributed by atoms with Crippen molar-refractivity contribution in [1.82, 2.24) is 10.2 Å². The third-order valence-electron chi connectivity index (χ3n) is 4.18. The van der Waals surface area contributed by atoms with Gasteiger partial charge in [-0.1, -0.05) is 6.07 Å². The van der Waals surface area contributed by atoms with Crippen LogP contribution in [-0.4, -0.2) is 30.6 Å². The predicted molar refractivity (Wildman–Crippen MR) is 66.1 cm³/mol. The van der Waals surface area contributed by atoms with Crippen molar-refractivity contribution < 1.29 is 8.78 Å². The standard InChI is InChI=1S/C14H18F2N2/c15-12-4-3-11(13(16)6-12)9-18-5-1-2-10-7-17-8-14(10)18/h3-4,6,10,14,17H,1-2,5,7-9H2. The predicted octanol–water partition coefficient (Wildman–Crippen LogP) is 2.15. The molecule has 4 heteroatoms. The molecular weight excluding hydrogens is 234 g/mol. The molecule has 0 amide bonds. The summed E-state index contributed by atoms with van der Waals surface area (Å²) in [6.45, 7) is 3.68. The van der Waals surface area contributed by atoms with Gasteiger partial charge in [-0.2, -0.15) is 0 Å². The van der Waals surface area contributed by atoms with E-state index in [9.17, 15) is 8.78 Å². The van der Waals surface area contributed by atoms with E-state index in [1.54, 1.807) is 6.07 Å². The van der Waals surface area contributed by atoms with Crippen molar-refractivity contribution in [3.8, 4) is 0 Å². The van der Waals surface area contributed by atoms with Crippen molar-refractivity contribution in [2.45, 2.75) is 25.4 Å². The minimum Gasteiger partial charge on any atom is -0.315 e. The Bertz CT molecular complexity index is 436. The summed E-state index contributed by atoms with van der Waals surface area (Å²) in [5.41, 5.74) is 0.601. The summed E-state index contributed by atoms with van der Waals surface area (Å²) in [6, 6.07) is 4.40. The van der Waals surface area contributed by atoms with Gasteiger partial charge in [0.05, 0.1) is 0 Å². The third kappa shape index (κ3) is 2.27. The number of nitrogens with one attached hydrogen (secondary N) is 1. The average molecular weight is 252 g/mol. The van der Waals surface area contributed by atoms with Crippen molar-refractivity contribution in [2.24, 2.45) is 5.92 Å². The summed E-state index contributed by atoms with van der Waals surface area (Å²) in [7, 11) is 0. The zero-order chi connectivity index (χ0) is 12.5. The Kier molecular flexibility index (Phi) is 3.31. The van der Waals surface area contributed by atoms with Gasteiger partial charge in [-0.25, -0.2) is 8.78 Å². The first kappa shape index (κ1) is 12.1. The fourth-order valence-corrected chi connectivity index (χ4v) is 3.23. The van der Waals surface area contributed by atoms with Crippen LogP contribution in [0.3, 0.4) is 0 Å². The zero-order valence-corrected chi connectivity index (χ0v) is 10.3. The van der Waals surface area contributed by atoms with Gasteiger partial charge < -0.3 is 5.32 Å². The molecule has 0 aliphatic carbocycles. The lowest BCUT2D eigenvalue weighted by Crippen LogP contribution is -2.44. The van der Waals surface area contributed by atoms with Crippen LogP contribution >= 0.6 is 0 Å². The maximum atomic E-state index is 13.7. The summed E-state index contributed by atoms with van der Waals surface area (Å²) in [4.78, 5) is 2.34. The van der Waals surface area contributed by atoms with Crippen molar-refractivity contribution in [3.63, 3.8) is 0 Å². The molecule has 0 saturated carbocycles. The lowest BCUT2D eigenvalue weighted by molar-refractivity contribution is 0.116. The number of likely N-dealkylation sites (tertiary alicyclic amines) is 1. The highest BCUT2D eigenvalue weighted by Crippen LogP contribution is 2.28. The number of benzene rings is 1. The van der Waals surface area contributed by atoms with Gasteiger partial charge in [-0.3, -0.25) is 4.90 Å². The molecule has 0 bridgehead atoms. The summed E-state index contributed by atoms with van der Waals surface area (Å²) in [6.07, 6.45) is 2.44. The first-order valence-corrected chi connectivity index (χ1v) is 6.63. The fraction of sp³-hybridized carbons (Fsp3) is 0.571. The van der Waals surface area contributed by atoms with Gasteiger partial charge in [0.2, 0.25) is 0 Å². The van der Waals surface area contributed by atoms with Crippen molar-refractivity contribution in [3.05, 3.63) is 35.4 Å². The van der Waals surface area contributed by atoms with E-state index in [0.717, 1.165) is 25.7 Å². The number of hydrogen-bond donors (Lipinski definition) is 1. The van der Waals surface area contributed by atoms with E-state index in [2.05, 4.69) is 10.2 Å². The molecule has 98 valence electrons. The van der Waals surface area contributed by atoms with Crippen LogP contribution in [0.25, 0.3) is 0 Å². The highest BCUT2D eigenvalue weighted by molar-refractivity contribution is 5.18. The second-order valence-corrected chi connectivity index (χ2v) is 5.33. The van der Waals surface area contributed by atoms with Crippen LogP contribution in [0.2, 0.25) is 0 Å². The molecule has 2 unspecified atom stereocenters. The molecule has 0 aromatic heterocycles. The number of piperidine rings is 1. The molecule has 0 spiro atoms. The van der Waals surface area contributed by atoms with Crippen LogP contribution < -0.4 is 5.32 Å². The Labute approximate surface area is 106 Å². The quantitative estimate of drug-likeness (QED) is 0.867. The first-order valence-electron chi connectivity index (χ1n) is 6.63. The molecular formula is C14H18F2N2. The lowest BCUT2D eigenvalue weighted by atomic mass is 9.91. The van der Waals surface area contributed by atoms with Gasteiger partial charge in [0.25, 0.3) is 0 Å². The summed E-state index contributed by atoms with van der Waals surface area (Å²) < 4.78 is 26.5. The number of fused-ring (bicyclic) bond motifs is 1. The molecule has 2 heterocycles. The van der Waals surface area contributed by atoms with Gasteiger partial charge >= 0.3 is 0 Å². The van der Waals surface area contributed by atoms with Crippen LogP contribution in [0.15, 0.2) is 18.2 Å². The zero-order valence-electron chi connectivity index (χ0n) is 10.3. The topological polar surface area (TPSA) is 15.3 Å².